The lowest BCUT2D eigenvalue weighted by Gasteiger charge is -2.14. The third-order valence-electron chi connectivity index (χ3n) is 3.68. The Morgan fingerprint density at radius 2 is 1.76 bits per heavy atom. The first-order valence-electron chi connectivity index (χ1n) is 7.77. The fraction of sp³-hybridized carbons (Fsp3) is 0.368. The van der Waals surface area contributed by atoms with Gasteiger partial charge in [-0.15, -0.1) is 0 Å². The quantitative estimate of drug-likeness (QED) is 0.835. The van der Waals surface area contributed by atoms with E-state index in [1.54, 1.807) is 0 Å². The zero-order chi connectivity index (χ0) is 15.1. The van der Waals surface area contributed by atoms with E-state index in [0.29, 0.717) is 6.61 Å². The SMILES string of the molecule is CCOc1ccc(CC(N)CC)cc1Cc1ccccc1. The molecule has 0 saturated carbocycles. The van der Waals surface area contributed by atoms with Crippen LogP contribution in [0.15, 0.2) is 48.5 Å². The van der Waals surface area contributed by atoms with E-state index in [9.17, 15) is 0 Å². The topological polar surface area (TPSA) is 35.2 Å². The Kier molecular flexibility index (Phi) is 5.82. The van der Waals surface area contributed by atoms with Crippen molar-refractivity contribution < 1.29 is 4.74 Å². The van der Waals surface area contributed by atoms with Crippen LogP contribution in [0.25, 0.3) is 0 Å². The van der Waals surface area contributed by atoms with Gasteiger partial charge in [0.15, 0.2) is 0 Å². The molecular weight excluding hydrogens is 258 g/mol. The monoisotopic (exact) mass is 283 g/mol. The van der Waals surface area contributed by atoms with Crippen LogP contribution >= 0.6 is 0 Å². The summed E-state index contributed by atoms with van der Waals surface area (Å²) in [6, 6.07) is 17.2. The first kappa shape index (κ1) is 15.6. The largest absolute Gasteiger partial charge is 0.494 e. The molecule has 0 aliphatic heterocycles. The van der Waals surface area contributed by atoms with Crippen LogP contribution in [0.1, 0.15) is 37.0 Å². The highest BCUT2D eigenvalue weighted by Gasteiger charge is 2.08. The van der Waals surface area contributed by atoms with Gasteiger partial charge in [-0.2, -0.15) is 0 Å². The Hall–Kier alpha value is -1.80. The summed E-state index contributed by atoms with van der Waals surface area (Å²) in [5, 5.41) is 0. The number of hydrogen-bond acceptors (Lipinski definition) is 2. The molecular formula is C19H25NO. The lowest BCUT2D eigenvalue weighted by Crippen LogP contribution is -2.21. The first-order chi connectivity index (χ1) is 10.2. The highest BCUT2D eigenvalue weighted by atomic mass is 16.5. The van der Waals surface area contributed by atoms with Gasteiger partial charge in [0.25, 0.3) is 0 Å². The maximum atomic E-state index is 6.07. The lowest BCUT2D eigenvalue weighted by molar-refractivity contribution is 0.337. The van der Waals surface area contributed by atoms with Crippen LogP contribution in [0.5, 0.6) is 5.75 Å². The highest BCUT2D eigenvalue weighted by Crippen LogP contribution is 2.24. The van der Waals surface area contributed by atoms with Crippen molar-refractivity contribution in [1.29, 1.82) is 0 Å². The molecule has 2 aromatic rings. The molecule has 21 heavy (non-hydrogen) atoms. The Balaban J connectivity index is 2.24. The van der Waals surface area contributed by atoms with Gasteiger partial charge in [0, 0.05) is 12.5 Å². The zero-order valence-corrected chi connectivity index (χ0v) is 13.0. The predicted molar refractivity (Wildman–Crippen MR) is 88.8 cm³/mol. The summed E-state index contributed by atoms with van der Waals surface area (Å²) in [4.78, 5) is 0. The van der Waals surface area contributed by atoms with E-state index < -0.39 is 0 Å². The summed E-state index contributed by atoms with van der Waals surface area (Å²) in [5.74, 6) is 0.982. The van der Waals surface area contributed by atoms with Crippen molar-refractivity contribution in [2.45, 2.75) is 39.2 Å². The van der Waals surface area contributed by atoms with Crippen LogP contribution in [0.2, 0.25) is 0 Å². The summed E-state index contributed by atoms with van der Waals surface area (Å²) in [6.45, 7) is 4.84. The maximum absolute atomic E-state index is 6.07. The predicted octanol–water partition coefficient (Wildman–Crippen LogP) is 3.96. The first-order valence-corrected chi connectivity index (χ1v) is 7.77. The van der Waals surface area contributed by atoms with E-state index in [4.69, 9.17) is 10.5 Å². The second-order valence-electron chi connectivity index (χ2n) is 5.41. The fourth-order valence-electron chi connectivity index (χ4n) is 2.46. The molecule has 0 aliphatic rings. The standard InChI is InChI=1S/C19H25NO/c1-3-18(20)14-16-10-11-19(21-4-2)17(13-16)12-15-8-6-5-7-9-15/h5-11,13,18H,3-4,12,14,20H2,1-2H3. The Morgan fingerprint density at radius 3 is 2.43 bits per heavy atom. The van der Waals surface area contributed by atoms with Crippen LogP contribution in [0.4, 0.5) is 0 Å². The van der Waals surface area contributed by atoms with Gasteiger partial charge in [0.2, 0.25) is 0 Å². The lowest BCUT2D eigenvalue weighted by atomic mass is 9.98. The van der Waals surface area contributed by atoms with Gasteiger partial charge in [0.1, 0.15) is 5.75 Å². The average Bonchev–Trinajstić information content (AvgIpc) is 2.51. The van der Waals surface area contributed by atoms with Gasteiger partial charge in [-0.3, -0.25) is 0 Å². The van der Waals surface area contributed by atoms with Crippen LogP contribution in [0, 0.1) is 0 Å². The molecule has 2 heteroatoms. The summed E-state index contributed by atoms with van der Waals surface area (Å²) in [5.41, 5.74) is 9.90. The van der Waals surface area contributed by atoms with E-state index in [2.05, 4.69) is 49.4 Å². The smallest absolute Gasteiger partial charge is 0.122 e. The minimum absolute atomic E-state index is 0.229. The van der Waals surface area contributed by atoms with Gasteiger partial charge >= 0.3 is 0 Å². The molecule has 1 unspecified atom stereocenters. The van der Waals surface area contributed by atoms with Crippen LogP contribution < -0.4 is 10.5 Å². The molecule has 0 fully saturated rings. The molecule has 0 amide bonds. The second-order valence-corrected chi connectivity index (χ2v) is 5.41. The van der Waals surface area contributed by atoms with Gasteiger partial charge in [-0.25, -0.2) is 0 Å². The van der Waals surface area contributed by atoms with Crippen molar-refractivity contribution >= 4 is 0 Å². The van der Waals surface area contributed by atoms with Crippen molar-refractivity contribution in [2.24, 2.45) is 5.73 Å². The average molecular weight is 283 g/mol. The van der Waals surface area contributed by atoms with E-state index in [-0.39, 0.29) is 6.04 Å². The van der Waals surface area contributed by atoms with Crippen molar-refractivity contribution in [3.63, 3.8) is 0 Å². The number of benzene rings is 2. The summed E-state index contributed by atoms with van der Waals surface area (Å²) < 4.78 is 5.76. The van der Waals surface area contributed by atoms with E-state index >= 15 is 0 Å². The van der Waals surface area contributed by atoms with E-state index in [1.165, 1.54) is 16.7 Å². The maximum Gasteiger partial charge on any atom is 0.122 e. The van der Waals surface area contributed by atoms with Crippen LogP contribution in [0.3, 0.4) is 0 Å². The second kappa shape index (κ2) is 7.84. The molecule has 0 bridgehead atoms. The van der Waals surface area contributed by atoms with E-state index in [1.807, 2.05) is 13.0 Å². The molecule has 0 aromatic heterocycles. The third-order valence-corrected chi connectivity index (χ3v) is 3.68. The molecule has 112 valence electrons. The Morgan fingerprint density at radius 1 is 1.00 bits per heavy atom. The Labute approximate surface area is 127 Å². The van der Waals surface area contributed by atoms with Gasteiger partial charge in [-0.1, -0.05) is 49.4 Å². The summed E-state index contributed by atoms with van der Waals surface area (Å²) in [7, 11) is 0. The Bertz CT molecular complexity index is 551. The molecule has 1 atom stereocenters. The number of hydrogen-bond donors (Lipinski definition) is 1. The molecule has 2 rings (SSSR count). The van der Waals surface area contributed by atoms with Crippen molar-refractivity contribution in [3.05, 3.63) is 65.2 Å². The molecule has 0 saturated heterocycles. The fourth-order valence-corrected chi connectivity index (χ4v) is 2.46. The summed E-state index contributed by atoms with van der Waals surface area (Å²) >= 11 is 0. The van der Waals surface area contributed by atoms with Gasteiger partial charge in [-0.05, 0) is 42.5 Å². The zero-order valence-electron chi connectivity index (χ0n) is 13.0. The minimum Gasteiger partial charge on any atom is -0.494 e. The molecule has 0 aliphatic carbocycles. The third kappa shape index (κ3) is 4.61. The molecule has 0 spiro atoms. The number of rotatable bonds is 7. The number of nitrogens with two attached hydrogens (primary N) is 1. The molecule has 2 nitrogen and oxygen atoms in total. The highest BCUT2D eigenvalue weighted by molar-refractivity contribution is 5.41. The molecule has 2 aromatic carbocycles. The van der Waals surface area contributed by atoms with E-state index in [0.717, 1.165) is 25.0 Å². The number of ether oxygens (including phenoxy) is 1. The molecule has 2 N–H and O–H groups in total. The van der Waals surface area contributed by atoms with Crippen LogP contribution in [-0.4, -0.2) is 12.6 Å². The molecule has 0 heterocycles. The normalized spacial score (nSPS) is 12.1. The van der Waals surface area contributed by atoms with Crippen LogP contribution in [-0.2, 0) is 12.8 Å². The molecule has 0 radical (unpaired) electrons. The van der Waals surface area contributed by atoms with Crippen molar-refractivity contribution in [2.75, 3.05) is 6.61 Å². The summed E-state index contributed by atoms with van der Waals surface area (Å²) in [6.07, 6.45) is 2.82. The van der Waals surface area contributed by atoms with Gasteiger partial charge < -0.3 is 10.5 Å². The minimum atomic E-state index is 0.229. The van der Waals surface area contributed by atoms with Crippen molar-refractivity contribution in [1.82, 2.24) is 0 Å². The van der Waals surface area contributed by atoms with Crippen molar-refractivity contribution in [3.8, 4) is 5.75 Å². The van der Waals surface area contributed by atoms with Gasteiger partial charge in [0.05, 0.1) is 6.61 Å².